The zero-order valence-electron chi connectivity index (χ0n) is 16.2. The molecule has 0 spiro atoms. The predicted molar refractivity (Wildman–Crippen MR) is 114 cm³/mol. The largest absolute Gasteiger partial charge is 0.465 e. The van der Waals surface area contributed by atoms with E-state index in [-0.39, 0.29) is 5.97 Å². The van der Waals surface area contributed by atoms with E-state index in [9.17, 15) is 10.1 Å². The molecule has 7 nitrogen and oxygen atoms in total. The SMILES string of the molecule is CCC1=CS/C(=C(\C#N)c2ccnc(NCCc3ccc(C(=O)OC)cc3)n2)N1. The average Bonchev–Trinajstić information content (AvgIpc) is 3.23. The molecule has 0 aliphatic carbocycles. The second-order valence-corrected chi connectivity index (χ2v) is 7.07. The molecule has 8 heteroatoms. The second kappa shape index (κ2) is 9.75. The van der Waals surface area contributed by atoms with Crippen LogP contribution < -0.4 is 10.6 Å². The summed E-state index contributed by atoms with van der Waals surface area (Å²) in [7, 11) is 1.36. The van der Waals surface area contributed by atoms with E-state index in [1.807, 2.05) is 17.5 Å². The number of nitrogens with zero attached hydrogens (tertiary/aromatic N) is 3. The van der Waals surface area contributed by atoms with E-state index < -0.39 is 0 Å². The van der Waals surface area contributed by atoms with Crippen LogP contribution in [0.5, 0.6) is 0 Å². The number of benzene rings is 1. The molecule has 1 aliphatic heterocycles. The number of rotatable bonds is 7. The maximum absolute atomic E-state index is 11.5. The molecule has 1 aromatic heterocycles. The van der Waals surface area contributed by atoms with Crippen molar-refractivity contribution in [3.05, 3.63) is 69.5 Å². The van der Waals surface area contributed by atoms with Gasteiger partial charge < -0.3 is 15.4 Å². The van der Waals surface area contributed by atoms with E-state index in [2.05, 4.69) is 33.6 Å². The monoisotopic (exact) mass is 407 g/mol. The highest BCUT2D eigenvalue weighted by molar-refractivity contribution is 8.06. The normalized spacial score (nSPS) is 14.4. The van der Waals surface area contributed by atoms with Gasteiger partial charge in [-0.1, -0.05) is 30.8 Å². The van der Waals surface area contributed by atoms with Crippen molar-refractivity contribution in [3.8, 4) is 6.07 Å². The van der Waals surface area contributed by atoms with Crippen LogP contribution >= 0.6 is 11.8 Å². The molecular weight excluding hydrogens is 386 g/mol. The van der Waals surface area contributed by atoms with Crippen molar-refractivity contribution in [3.63, 3.8) is 0 Å². The maximum atomic E-state index is 11.5. The minimum atomic E-state index is -0.349. The van der Waals surface area contributed by atoms with Crippen LogP contribution in [0, 0.1) is 11.3 Å². The molecule has 0 unspecified atom stereocenters. The molecule has 2 aromatic rings. The summed E-state index contributed by atoms with van der Waals surface area (Å²) in [5.41, 5.74) is 3.76. The van der Waals surface area contributed by atoms with Crippen molar-refractivity contribution in [2.75, 3.05) is 19.0 Å². The summed E-state index contributed by atoms with van der Waals surface area (Å²) in [6, 6.07) is 11.2. The van der Waals surface area contributed by atoms with Gasteiger partial charge in [0.15, 0.2) is 0 Å². The highest BCUT2D eigenvalue weighted by atomic mass is 32.2. The molecule has 0 amide bonds. The summed E-state index contributed by atoms with van der Waals surface area (Å²) in [6.45, 7) is 2.68. The fourth-order valence-corrected chi connectivity index (χ4v) is 3.62. The van der Waals surface area contributed by atoms with Crippen molar-refractivity contribution in [2.45, 2.75) is 19.8 Å². The van der Waals surface area contributed by atoms with E-state index in [0.717, 1.165) is 29.1 Å². The number of allylic oxidation sites excluding steroid dienone is 2. The molecule has 148 valence electrons. The summed E-state index contributed by atoms with van der Waals surface area (Å²) in [5, 5.41) is 18.8. The Morgan fingerprint density at radius 2 is 2.10 bits per heavy atom. The number of aromatic nitrogens is 2. The lowest BCUT2D eigenvalue weighted by atomic mass is 10.1. The number of nitrogens with one attached hydrogen (secondary N) is 2. The summed E-state index contributed by atoms with van der Waals surface area (Å²) in [5.74, 6) is 0.118. The number of carbonyl (C=O) groups excluding carboxylic acids is 1. The lowest BCUT2D eigenvalue weighted by Gasteiger charge is -2.08. The van der Waals surface area contributed by atoms with E-state index in [4.69, 9.17) is 4.74 Å². The maximum Gasteiger partial charge on any atom is 0.337 e. The minimum absolute atomic E-state index is 0.349. The van der Waals surface area contributed by atoms with Crippen LogP contribution in [-0.4, -0.2) is 29.6 Å². The van der Waals surface area contributed by atoms with Crippen molar-refractivity contribution in [1.29, 1.82) is 5.26 Å². The van der Waals surface area contributed by atoms with Gasteiger partial charge in [0.05, 0.1) is 23.4 Å². The summed E-state index contributed by atoms with van der Waals surface area (Å²) >= 11 is 1.50. The number of anilines is 1. The number of nitriles is 1. The van der Waals surface area contributed by atoms with E-state index >= 15 is 0 Å². The molecule has 29 heavy (non-hydrogen) atoms. The van der Waals surface area contributed by atoms with Gasteiger partial charge in [0.2, 0.25) is 5.95 Å². The first-order valence-electron chi connectivity index (χ1n) is 9.16. The summed E-state index contributed by atoms with van der Waals surface area (Å²) < 4.78 is 4.70. The van der Waals surface area contributed by atoms with Crippen LogP contribution in [-0.2, 0) is 11.2 Å². The van der Waals surface area contributed by atoms with E-state index in [0.29, 0.717) is 29.3 Å². The lowest BCUT2D eigenvalue weighted by molar-refractivity contribution is 0.0600. The quantitative estimate of drug-likeness (QED) is 0.529. The number of methoxy groups -OCH3 is 1. The van der Waals surface area contributed by atoms with Gasteiger partial charge in [-0.25, -0.2) is 14.8 Å². The average molecular weight is 407 g/mol. The van der Waals surface area contributed by atoms with Gasteiger partial charge >= 0.3 is 5.97 Å². The van der Waals surface area contributed by atoms with Crippen LogP contribution in [0.25, 0.3) is 5.57 Å². The standard InChI is InChI=1S/C21H21N5O2S/c1-3-16-13-29-19(25-16)17(12-22)18-9-11-24-21(26-18)23-10-8-14-4-6-15(7-5-14)20(27)28-2/h4-7,9,11,13,25H,3,8,10H2,1-2H3,(H,23,24,26)/b19-17+. The first-order valence-corrected chi connectivity index (χ1v) is 10.0. The molecule has 0 atom stereocenters. The highest BCUT2D eigenvalue weighted by Gasteiger charge is 2.16. The lowest BCUT2D eigenvalue weighted by Crippen LogP contribution is -2.10. The van der Waals surface area contributed by atoms with Crippen LogP contribution in [0.2, 0.25) is 0 Å². The molecule has 0 radical (unpaired) electrons. The molecule has 2 heterocycles. The first kappa shape index (κ1) is 20.4. The topological polar surface area (TPSA) is 99.9 Å². The zero-order valence-corrected chi connectivity index (χ0v) is 17.0. The summed E-state index contributed by atoms with van der Waals surface area (Å²) in [4.78, 5) is 20.2. The molecule has 1 aromatic carbocycles. The van der Waals surface area contributed by atoms with Crippen molar-refractivity contribution < 1.29 is 9.53 Å². The van der Waals surface area contributed by atoms with Crippen molar-refractivity contribution >= 4 is 29.3 Å². The van der Waals surface area contributed by atoms with Crippen LogP contribution in [0.4, 0.5) is 5.95 Å². The minimum Gasteiger partial charge on any atom is -0.465 e. The Bertz CT molecular complexity index is 993. The molecule has 0 fully saturated rings. The number of hydrogen-bond acceptors (Lipinski definition) is 8. The van der Waals surface area contributed by atoms with Crippen LogP contribution in [0.3, 0.4) is 0 Å². The number of esters is 1. The Hall–Kier alpha value is -3.31. The molecule has 3 rings (SSSR count). The number of hydrogen-bond donors (Lipinski definition) is 2. The second-order valence-electron chi connectivity index (χ2n) is 6.19. The van der Waals surface area contributed by atoms with Crippen LogP contribution in [0.1, 0.15) is 35.0 Å². The zero-order chi connectivity index (χ0) is 20.6. The third-order valence-electron chi connectivity index (χ3n) is 4.30. The number of ether oxygens (including phenoxy) is 1. The molecule has 0 saturated heterocycles. The molecule has 0 saturated carbocycles. The third kappa shape index (κ3) is 5.15. The molecule has 1 aliphatic rings. The fourth-order valence-electron chi connectivity index (χ4n) is 2.68. The van der Waals surface area contributed by atoms with Crippen molar-refractivity contribution in [1.82, 2.24) is 15.3 Å². The summed E-state index contributed by atoms with van der Waals surface area (Å²) in [6.07, 6.45) is 3.26. The Morgan fingerprint density at radius 3 is 2.76 bits per heavy atom. The smallest absolute Gasteiger partial charge is 0.337 e. The third-order valence-corrected chi connectivity index (χ3v) is 5.24. The number of thioether (sulfide) groups is 1. The molecule has 0 bridgehead atoms. The Labute approximate surface area is 173 Å². The molecular formula is C21H21N5O2S. The van der Waals surface area contributed by atoms with Gasteiger partial charge in [0.1, 0.15) is 11.6 Å². The van der Waals surface area contributed by atoms with Gasteiger partial charge in [0.25, 0.3) is 0 Å². The Kier molecular flexibility index (Phi) is 6.87. The highest BCUT2D eigenvalue weighted by Crippen LogP contribution is 2.31. The fraction of sp³-hybridized carbons (Fsp3) is 0.238. The van der Waals surface area contributed by atoms with E-state index in [1.165, 1.54) is 18.9 Å². The van der Waals surface area contributed by atoms with Gasteiger partial charge in [0, 0.05) is 18.4 Å². The van der Waals surface area contributed by atoms with Gasteiger partial charge in [-0.2, -0.15) is 5.26 Å². The van der Waals surface area contributed by atoms with Gasteiger partial charge in [-0.15, -0.1) is 0 Å². The first-order chi connectivity index (χ1) is 14.1. The van der Waals surface area contributed by atoms with Gasteiger partial charge in [-0.05, 0) is 42.0 Å². The molecule has 2 N–H and O–H groups in total. The van der Waals surface area contributed by atoms with Crippen molar-refractivity contribution in [2.24, 2.45) is 0 Å². The van der Waals surface area contributed by atoms with Crippen LogP contribution in [0.15, 0.2) is 52.7 Å². The predicted octanol–water partition coefficient (Wildman–Crippen LogP) is 3.70. The number of carbonyl (C=O) groups is 1. The van der Waals surface area contributed by atoms with Gasteiger partial charge in [-0.3, -0.25) is 0 Å². The van der Waals surface area contributed by atoms with E-state index in [1.54, 1.807) is 24.4 Å². The Balaban J connectivity index is 1.62. The Morgan fingerprint density at radius 1 is 1.31 bits per heavy atom.